The first-order chi connectivity index (χ1) is 22.3. The maximum atomic E-state index is 6.57. The van der Waals surface area contributed by atoms with Crippen LogP contribution in [0.5, 0.6) is 11.5 Å². The van der Waals surface area contributed by atoms with Crippen molar-refractivity contribution in [1.29, 1.82) is 0 Å². The van der Waals surface area contributed by atoms with E-state index in [0.29, 0.717) is 0 Å². The Balaban J connectivity index is 1.33. The van der Waals surface area contributed by atoms with Crippen molar-refractivity contribution in [1.82, 2.24) is 4.57 Å². The van der Waals surface area contributed by atoms with Gasteiger partial charge in [-0.1, -0.05) is 121 Å². The maximum Gasteiger partial charge on any atom is 0.132 e. The monoisotopic (exact) mass is 575 g/mol. The average Bonchev–Trinajstić information content (AvgIpc) is 3.60. The summed E-state index contributed by atoms with van der Waals surface area (Å²) in [6.45, 7) is 0. The van der Waals surface area contributed by atoms with Gasteiger partial charge in [0.25, 0.3) is 0 Å². The molecule has 0 unspecified atom stereocenters. The maximum absolute atomic E-state index is 6.57. The van der Waals surface area contributed by atoms with Crippen LogP contribution in [0, 0.1) is 0 Å². The highest BCUT2D eigenvalue weighted by Gasteiger charge is 2.51. The minimum atomic E-state index is -0.478. The topological polar surface area (TPSA) is 14.2 Å². The molecule has 0 N–H and O–H groups in total. The van der Waals surface area contributed by atoms with Crippen molar-refractivity contribution in [2.24, 2.45) is 0 Å². The Labute approximate surface area is 262 Å². The van der Waals surface area contributed by atoms with E-state index in [4.69, 9.17) is 4.74 Å². The van der Waals surface area contributed by atoms with Gasteiger partial charge in [-0.05, 0) is 76.6 Å². The van der Waals surface area contributed by atoms with Crippen LogP contribution in [0.1, 0.15) is 39.9 Å². The number of aromatic nitrogens is 1. The molecule has 2 heteroatoms. The van der Waals surface area contributed by atoms with Gasteiger partial charge in [0.1, 0.15) is 11.5 Å². The Kier molecular flexibility index (Phi) is 5.07. The van der Waals surface area contributed by atoms with Crippen LogP contribution in [-0.2, 0) is 11.8 Å². The molecule has 1 aromatic heterocycles. The molecule has 1 spiro atoms. The summed E-state index contributed by atoms with van der Waals surface area (Å²) in [5.41, 5.74) is 14.8. The Morgan fingerprint density at radius 1 is 0.556 bits per heavy atom. The number of aryl methyl sites for hydroxylation is 1. The molecule has 0 bridgehead atoms. The lowest BCUT2D eigenvalue weighted by Gasteiger charge is -2.39. The Bertz CT molecular complexity index is 2290. The molecule has 2 heterocycles. The zero-order valence-electron chi connectivity index (χ0n) is 24.7. The smallest absolute Gasteiger partial charge is 0.132 e. The highest BCUT2D eigenvalue weighted by molar-refractivity contribution is 6.06. The van der Waals surface area contributed by atoms with Crippen molar-refractivity contribution in [3.05, 3.63) is 179 Å². The molecule has 0 amide bonds. The Hall–Kier alpha value is -5.60. The van der Waals surface area contributed by atoms with Crippen molar-refractivity contribution in [2.75, 3.05) is 0 Å². The van der Waals surface area contributed by atoms with Crippen LogP contribution in [-0.4, -0.2) is 4.57 Å². The summed E-state index contributed by atoms with van der Waals surface area (Å²) in [7, 11) is 0. The SMILES string of the molecule is C1=Cc2c(c3ccc4c(c3n2-c2ccc(-c3ccccc3)cc2)-c2ccccc2C42c3ccccc3Oc3ccccc32)CC1. The van der Waals surface area contributed by atoms with Gasteiger partial charge in [-0.25, -0.2) is 0 Å². The quantitative estimate of drug-likeness (QED) is 0.200. The van der Waals surface area contributed by atoms with E-state index in [1.54, 1.807) is 0 Å². The molecule has 45 heavy (non-hydrogen) atoms. The van der Waals surface area contributed by atoms with Gasteiger partial charge in [-0.2, -0.15) is 0 Å². The van der Waals surface area contributed by atoms with Gasteiger partial charge < -0.3 is 9.30 Å². The van der Waals surface area contributed by atoms with Gasteiger partial charge in [0.2, 0.25) is 0 Å². The minimum absolute atomic E-state index is 0.478. The summed E-state index contributed by atoms with van der Waals surface area (Å²) in [5, 5.41) is 1.35. The largest absolute Gasteiger partial charge is 0.457 e. The molecule has 0 radical (unpaired) electrons. The van der Waals surface area contributed by atoms with E-state index >= 15 is 0 Å². The predicted molar refractivity (Wildman–Crippen MR) is 183 cm³/mol. The number of rotatable bonds is 2. The molecule has 0 saturated heterocycles. The highest BCUT2D eigenvalue weighted by atomic mass is 16.5. The third-order valence-electron chi connectivity index (χ3n) is 10.2. The van der Waals surface area contributed by atoms with E-state index in [0.717, 1.165) is 24.3 Å². The fraction of sp³-hybridized carbons (Fsp3) is 0.0698. The van der Waals surface area contributed by atoms with Crippen LogP contribution >= 0.6 is 0 Å². The van der Waals surface area contributed by atoms with Crippen LogP contribution in [0.2, 0.25) is 0 Å². The number of nitrogens with zero attached hydrogens (tertiary/aromatic N) is 1. The molecule has 0 atom stereocenters. The molecule has 3 aliphatic rings. The number of allylic oxidation sites excluding steroid dienone is 1. The summed E-state index contributed by atoms with van der Waals surface area (Å²) in [4.78, 5) is 0. The summed E-state index contributed by atoms with van der Waals surface area (Å²) >= 11 is 0. The van der Waals surface area contributed by atoms with E-state index < -0.39 is 5.41 Å². The van der Waals surface area contributed by atoms with Gasteiger partial charge in [0.15, 0.2) is 0 Å². The average molecular weight is 576 g/mol. The zero-order chi connectivity index (χ0) is 29.5. The predicted octanol–water partition coefficient (Wildman–Crippen LogP) is 10.7. The van der Waals surface area contributed by atoms with E-state index in [2.05, 4.69) is 156 Å². The fourth-order valence-electron chi connectivity index (χ4n) is 8.36. The van der Waals surface area contributed by atoms with Gasteiger partial charge in [0, 0.05) is 33.5 Å². The molecule has 212 valence electrons. The number of hydrogen-bond donors (Lipinski definition) is 0. The lowest BCUT2D eigenvalue weighted by atomic mass is 9.66. The van der Waals surface area contributed by atoms with Crippen molar-refractivity contribution in [3.8, 4) is 39.4 Å². The van der Waals surface area contributed by atoms with Crippen molar-refractivity contribution < 1.29 is 4.74 Å². The number of para-hydroxylation sites is 2. The van der Waals surface area contributed by atoms with Gasteiger partial charge in [0.05, 0.1) is 10.9 Å². The zero-order valence-corrected chi connectivity index (χ0v) is 24.7. The number of hydrogen-bond acceptors (Lipinski definition) is 1. The first-order valence-corrected chi connectivity index (χ1v) is 15.8. The first kappa shape index (κ1) is 24.8. The van der Waals surface area contributed by atoms with E-state index in [-0.39, 0.29) is 0 Å². The molecule has 6 aromatic carbocycles. The van der Waals surface area contributed by atoms with Gasteiger partial charge in [-0.3, -0.25) is 0 Å². The van der Waals surface area contributed by atoms with Gasteiger partial charge >= 0.3 is 0 Å². The Morgan fingerprint density at radius 3 is 1.96 bits per heavy atom. The molecule has 10 rings (SSSR count). The fourth-order valence-corrected chi connectivity index (χ4v) is 8.36. The number of benzene rings is 6. The number of fused-ring (bicyclic) bond motifs is 13. The molecule has 0 fully saturated rings. The van der Waals surface area contributed by atoms with Crippen molar-refractivity contribution in [2.45, 2.75) is 18.3 Å². The molecular formula is C43H29NO. The summed E-state index contributed by atoms with van der Waals surface area (Å²) in [5.74, 6) is 1.85. The van der Waals surface area contributed by atoms with Crippen LogP contribution in [0.4, 0.5) is 0 Å². The Morgan fingerprint density at radius 2 is 1.20 bits per heavy atom. The second kappa shape index (κ2) is 9.20. The normalized spacial score (nSPS) is 14.8. The lowest BCUT2D eigenvalue weighted by Crippen LogP contribution is -2.32. The molecule has 1 aliphatic heterocycles. The molecule has 7 aromatic rings. The molecule has 0 saturated carbocycles. The van der Waals surface area contributed by atoms with E-state index in [1.807, 2.05) is 0 Å². The molecular weight excluding hydrogens is 546 g/mol. The lowest BCUT2D eigenvalue weighted by molar-refractivity contribution is 0.436. The summed E-state index contributed by atoms with van der Waals surface area (Å²) < 4.78 is 9.10. The highest BCUT2D eigenvalue weighted by Crippen LogP contribution is 2.63. The van der Waals surface area contributed by atoms with Crippen LogP contribution < -0.4 is 4.74 Å². The van der Waals surface area contributed by atoms with Crippen LogP contribution in [0.25, 0.3) is 44.9 Å². The summed E-state index contributed by atoms with van der Waals surface area (Å²) in [6.07, 6.45) is 6.78. The van der Waals surface area contributed by atoms with Gasteiger partial charge in [-0.15, -0.1) is 0 Å². The second-order valence-corrected chi connectivity index (χ2v) is 12.3. The third-order valence-corrected chi connectivity index (χ3v) is 10.2. The van der Waals surface area contributed by atoms with Crippen LogP contribution in [0.15, 0.2) is 146 Å². The first-order valence-electron chi connectivity index (χ1n) is 15.8. The van der Waals surface area contributed by atoms with Crippen molar-refractivity contribution in [3.63, 3.8) is 0 Å². The third kappa shape index (κ3) is 3.24. The molecule has 2 aliphatic carbocycles. The van der Waals surface area contributed by atoms with E-state index in [1.165, 1.54) is 72.4 Å². The minimum Gasteiger partial charge on any atom is -0.457 e. The number of ether oxygens (including phenoxy) is 1. The summed E-state index contributed by atoms with van der Waals surface area (Å²) in [6, 6.07) is 50.8. The molecule has 2 nitrogen and oxygen atoms in total. The van der Waals surface area contributed by atoms with Crippen LogP contribution in [0.3, 0.4) is 0 Å². The van der Waals surface area contributed by atoms with E-state index in [9.17, 15) is 0 Å². The standard InChI is InChI=1S/C43H29NO/c1-2-12-28(13-3-1)29-22-24-30(25-23-29)44-38-19-9-5-14-31(38)32-26-27-37-41(42(32)44)33-15-4-6-16-34(33)43(37)35-17-7-10-20-39(35)45-40-21-11-8-18-36(40)43/h1-4,6-13,15-27H,5,14H2. The van der Waals surface area contributed by atoms with Crippen molar-refractivity contribution >= 4 is 17.0 Å². The second-order valence-electron chi connectivity index (χ2n) is 12.3.